The Hall–Kier alpha value is -0.0800. The Labute approximate surface area is 95.6 Å². The van der Waals surface area contributed by atoms with Crippen molar-refractivity contribution in [1.82, 2.24) is 0 Å². The van der Waals surface area contributed by atoms with Crippen LogP contribution >= 0.6 is 0 Å². The summed E-state index contributed by atoms with van der Waals surface area (Å²) in [5.41, 5.74) is 6.25. The van der Waals surface area contributed by atoms with Gasteiger partial charge in [0.1, 0.15) is 0 Å². The summed E-state index contributed by atoms with van der Waals surface area (Å²) in [4.78, 5) is 0. The van der Waals surface area contributed by atoms with E-state index in [0.29, 0.717) is 6.10 Å². The van der Waals surface area contributed by atoms with Crippen LogP contribution in [0.2, 0.25) is 0 Å². The van der Waals surface area contributed by atoms with Gasteiger partial charge in [-0.2, -0.15) is 0 Å². The summed E-state index contributed by atoms with van der Waals surface area (Å²) in [6.07, 6.45) is 3.73. The minimum atomic E-state index is 0.122. The van der Waals surface area contributed by atoms with Gasteiger partial charge in [-0.15, -0.1) is 0 Å². The van der Waals surface area contributed by atoms with Gasteiger partial charge in [-0.05, 0) is 25.2 Å². The van der Waals surface area contributed by atoms with Crippen LogP contribution in [-0.4, -0.2) is 18.2 Å². The van der Waals surface area contributed by atoms with Gasteiger partial charge >= 0.3 is 0 Å². The highest BCUT2D eigenvalue weighted by Crippen LogP contribution is 2.27. The van der Waals surface area contributed by atoms with E-state index in [9.17, 15) is 0 Å². The van der Waals surface area contributed by atoms with Gasteiger partial charge in [0, 0.05) is 6.04 Å². The highest BCUT2D eigenvalue weighted by Gasteiger charge is 2.31. The average molecular weight is 215 g/mol. The maximum atomic E-state index is 6.12. The molecule has 3 unspecified atom stereocenters. The maximum absolute atomic E-state index is 6.12. The fourth-order valence-electron chi connectivity index (χ4n) is 1.89. The van der Waals surface area contributed by atoms with E-state index in [0.717, 1.165) is 12.8 Å². The van der Waals surface area contributed by atoms with E-state index >= 15 is 0 Å². The van der Waals surface area contributed by atoms with Crippen molar-refractivity contribution in [2.45, 2.75) is 79.1 Å². The molecule has 0 aliphatic carbocycles. The molecule has 2 nitrogen and oxygen atoms in total. The summed E-state index contributed by atoms with van der Waals surface area (Å²) < 4.78 is 6.08. The maximum Gasteiger partial charge on any atom is 0.0777 e. The molecule has 0 amide bonds. The molecule has 0 aromatic heterocycles. The first-order valence-corrected chi connectivity index (χ1v) is 6.23. The van der Waals surface area contributed by atoms with Gasteiger partial charge in [-0.1, -0.05) is 41.0 Å². The molecule has 0 heterocycles. The second kappa shape index (κ2) is 6.49. The predicted molar refractivity (Wildman–Crippen MR) is 67.0 cm³/mol. The minimum absolute atomic E-state index is 0.122. The van der Waals surface area contributed by atoms with E-state index in [-0.39, 0.29) is 17.6 Å². The van der Waals surface area contributed by atoms with Crippen molar-refractivity contribution in [1.29, 1.82) is 0 Å². The average Bonchev–Trinajstić information content (AvgIpc) is 2.12. The zero-order valence-electron chi connectivity index (χ0n) is 11.3. The Morgan fingerprint density at radius 3 is 2.07 bits per heavy atom. The molecule has 15 heavy (non-hydrogen) atoms. The normalized spacial score (nSPS) is 18.6. The van der Waals surface area contributed by atoms with E-state index in [2.05, 4.69) is 41.5 Å². The molecule has 0 spiro atoms. The van der Waals surface area contributed by atoms with Crippen molar-refractivity contribution in [2.24, 2.45) is 11.1 Å². The van der Waals surface area contributed by atoms with E-state index in [1.807, 2.05) is 0 Å². The molecule has 0 aromatic rings. The lowest BCUT2D eigenvalue weighted by molar-refractivity contribution is -0.0750. The molecule has 0 aliphatic rings. The number of ether oxygens (including phenoxy) is 1. The molecule has 2 heteroatoms. The molecule has 3 atom stereocenters. The van der Waals surface area contributed by atoms with Crippen molar-refractivity contribution in [3.05, 3.63) is 0 Å². The Kier molecular flexibility index (Phi) is 6.46. The van der Waals surface area contributed by atoms with E-state index in [4.69, 9.17) is 10.5 Å². The lowest BCUT2D eigenvalue weighted by Gasteiger charge is -2.36. The van der Waals surface area contributed by atoms with Crippen molar-refractivity contribution in [3.63, 3.8) is 0 Å². The lowest BCUT2D eigenvalue weighted by Crippen LogP contribution is -2.46. The largest absolute Gasteiger partial charge is 0.373 e. The van der Waals surface area contributed by atoms with Crippen LogP contribution in [0.4, 0.5) is 0 Å². The molecular formula is C13H29NO. The summed E-state index contributed by atoms with van der Waals surface area (Å²) >= 11 is 0. The van der Waals surface area contributed by atoms with Crippen molar-refractivity contribution in [3.8, 4) is 0 Å². The summed E-state index contributed by atoms with van der Waals surface area (Å²) in [5, 5.41) is 0. The zero-order valence-corrected chi connectivity index (χ0v) is 11.3. The number of hydrogen-bond donors (Lipinski definition) is 1. The van der Waals surface area contributed by atoms with Crippen molar-refractivity contribution >= 4 is 0 Å². The SMILES string of the molecule is CCCC(C)OC(C(N)CC)C(C)(C)C. The first-order chi connectivity index (χ1) is 6.82. The van der Waals surface area contributed by atoms with Crippen LogP contribution in [0, 0.1) is 5.41 Å². The van der Waals surface area contributed by atoms with Crippen molar-refractivity contribution in [2.75, 3.05) is 0 Å². The zero-order chi connectivity index (χ0) is 12.1. The number of hydrogen-bond acceptors (Lipinski definition) is 2. The third kappa shape index (κ3) is 5.53. The summed E-state index contributed by atoms with van der Waals surface area (Å²) in [7, 11) is 0. The second-order valence-electron chi connectivity index (χ2n) is 5.59. The van der Waals surface area contributed by atoms with Crippen LogP contribution < -0.4 is 5.73 Å². The van der Waals surface area contributed by atoms with Crippen LogP contribution in [0.15, 0.2) is 0 Å². The second-order valence-corrected chi connectivity index (χ2v) is 5.59. The Morgan fingerprint density at radius 2 is 1.73 bits per heavy atom. The molecule has 2 N–H and O–H groups in total. The molecule has 0 saturated heterocycles. The lowest BCUT2D eigenvalue weighted by atomic mass is 9.83. The Balaban J connectivity index is 4.38. The van der Waals surface area contributed by atoms with Gasteiger partial charge < -0.3 is 10.5 Å². The van der Waals surface area contributed by atoms with Crippen LogP contribution in [-0.2, 0) is 4.74 Å². The van der Waals surface area contributed by atoms with E-state index < -0.39 is 0 Å². The Bertz CT molecular complexity index is 162. The summed E-state index contributed by atoms with van der Waals surface area (Å²) in [5.74, 6) is 0. The van der Waals surface area contributed by atoms with E-state index in [1.54, 1.807) is 0 Å². The van der Waals surface area contributed by atoms with Gasteiger partial charge in [0.2, 0.25) is 0 Å². The van der Waals surface area contributed by atoms with Crippen molar-refractivity contribution < 1.29 is 4.74 Å². The molecule has 0 radical (unpaired) electrons. The fraction of sp³-hybridized carbons (Fsp3) is 1.00. The number of nitrogens with two attached hydrogens (primary N) is 1. The van der Waals surface area contributed by atoms with Gasteiger partial charge in [-0.3, -0.25) is 0 Å². The number of rotatable bonds is 6. The van der Waals surface area contributed by atoms with Gasteiger partial charge in [0.25, 0.3) is 0 Å². The Morgan fingerprint density at radius 1 is 1.20 bits per heavy atom. The smallest absolute Gasteiger partial charge is 0.0777 e. The molecule has 0 aromatic carbocycles. The first-order valence-electron chi connectivity index (χ1n) is 6.23. The first kappa shape index (κ1) is 14.9. The molecule has 92 valence electrons. The molecule has 0 rings (SSSR count). The van der Waals surface area contributed by atoms with Crippen LogP contribution in [0.3, 0.4) is 0 Å². The van der Waals surface area contributed by atoms with Crippen LogP contribution in [0.1, 0.15) is 60.8 Å². The standard InChI is InChI=1S/C13H29NO/c1-7-9-10(3)15-12(11(14)8-2)13(4,5)6/h10-12H,7-9,14H2,1-6H3. The molecule has 0 aliphatic heterocycles. The quantitative estimate of drug-likeness (QED) is 0.737. The van der Waals surface area contributed by atoms with E-state index in [1.165, 1.54) is 6.42 Å². The summed E-state index contributed by atoms with van der Waals surface area (Å²) in [6.45, 7) is 13.1. The third-order valence-corrected chi connectivity index (χ3v) is 2.79. The summed E-state index contributed by atoms with van der Waals surface area (Å²) in [6, 6.07) is 0.143. The van der Waals surface area contributed by atoms with Crippen LogP contribution in [0.5, 0.6) is 0 Å². The molecular weight excluding hydrogens is 186 g/mol. The molecule has 0 fully saturated rings. The molecule has 0 saturated carbocycles. The highest BCUT2D eigenvalue weighted by atomic mass is 16.5. The highest BCUT2D eigenvalue weighted by molar-refractivity contribution is 4.84. The van der Waals surface area contributed by atoms with Gasteiger partial charge in [0.15, 0.2) is 0 Å². The van der Waals surface area contributed by atoms with Gasteiger partial charge in [-0.25, -0.2) is 0 Å². The van der Waals surface area contributed by atoms with Crippen LogP contribution in [0.25, 0.3) is 0 Å². The fourth-order valence-corrected chi connectivity index (χ4v) is 1.89. The molecule has 0 bridgehead atoms. The minimum Gasteiger partial charge on any atom is -0.373 e. The van der Waals surface area contributed by atoms with Gasteiger partial charge in [0.05, 0.1) is 12.2 Å². The topological polar surface area (TPSA) is 35.2 Å². The monoisotopic (exact) mass is 215 g/mol. The third-order valence-electron chi connectivity index (χ3n) is 2.79. The predicted octanol–water partition coefficient (Wildman–Crippen LogP) is 3.34.